The van der Waals surface area contributed by atoms with Crippen LogP contribution in [-0.2, 0) is 0 Å². The maximum absolute atomic E-state index is 3.69. The molecular weight excluding hydrogens is 306 g/mol. The smallest absolute Gasteiger partial charge is 0.0302 e. The zero-order valence-electron chi connectivity index (χ0n) is 11.8. The van der Waals surface area contributed by atoms with Gasteiger partial charge >= 0.3 is 0 Å². The van der Waals surface area contributed by atoms with E-state index in [0.717, 1.165) is 12.5 Å². The summed E-state index contributed by atoms with van der Waals surface area (Å²) >= 11 is 5.64. The van der Waals surface area contributed by atoms with Crippen LogP contribution in [-0.4, -0.2) is 12.3 Å². The van der Waals surface area contributed by atoms with E-state index in [4.69, 9.17) is 0 Å². The van der Waals surface area contributed by atoms with E-state index in [2.05, 4.69) is 67.1 Å². The number of thioether (sulfide) groups is 1. The molecule has 0 bridgehead atoms. The van der Waals surface area contributed by atoms with Crippen LogP contribution < -0.4 is 5.32 Å². The van der Waals surface area contributed by atoms with Crippen molar-refractivity contribution in [2.45, 2.75) is 45.1 Å². The molecule has 1 aromatic rings. The Hall–Kier alpha value is 0.01000. The third kappa shape index (κ3) is 4.94. The topological polar surface area (TPSA) is 12.0 Å². The third-order valence-electron chi connectivity index (χ3n) is 3.18. The van der Waals surface area contributed by atoms with Crippen LogP contribution in [0, 0.1) is 5.92 Å². The summed E-state index contributed by atoms with van der Waals surface area (Å²) in [5, 5.41) is 3.44. The van der Waals surface area contributed by atoms with Gasteiger partial charge in [0, 0.05) is 21.2 Å². The van der Waals surface area contributed by atoms with Gasteiger partial charge in [0.15, 0.2) is 0 Å². The van der Waals surface area contributed by atoms with Crippen LogP contribution in [0.4, 0.5) is 0 Å². The Morgan fingerprint density at radius 3 is 2.56 bits per heavy atom. The standard InChI is InChI=1S/C15H24BrNS/c1-5-11(3)10-18-13-7-8-14(15(16)9-13)12(4)17-6-2/h7-9,11-12,17H,5-6,10H2,1-4H3. The molecule has 18 heavy (non-hydrogen) atoms. The van der Waals surface area contributed by atoms with Crippen LogP contribution in [0.3, 0.4) is 0 Å². The highest BCUT2D eigenvalue weighted by atomic mass is 79.9. The molecule has 0 aliphatic heterocycles. The molecule has 0 saturated heterocycles. The molecule has 0 heterocycles. The summed E-state index contributed by atoms with van der Waals surface area (Å²) in [6.45, 7) is 9.90. The van der Waals surface area contributed by atoms with Crippen molar-refractivity contribution in [3.8, 4) is 0 Å². The molecule has 102 valence electrons. The van der Waals surface area contributed by atoms with Gasteiger partial charge < -0.3 is 5.32 Å². The maximum atomic E-state index is 3.69. The molecule has 3 heteroatoms. The normalized spacial score (nSPS) is 14.5. The van der Waals surface area contributed by atoms with Crippen molar-refractivity contribution >= 4 is 27.7 Å². The van der Waals surface area contributed by atoms with Crippen LogP contribution in [0.1, 0.15) is 45.7 Å². The molecule has 0 saturated carbocycles. The molecule has 0 spiro atoms. The number of nitrogens with one attached hydrogen (secondary N) is 1. The van der Waals surface area contributed by atoms with E-state index < -0.39 is 0 Å². The van der Waals surface area contributed by atoms with Crippen LogP contribution >= 0.6 is 27.7 Å². The number of benzene rings is 1. The number of hydrogen-bond donors (Lipinski definition) is 1. The molecule has 1 rings (SSSR count). The maximum Gasteiger partial charge on any atom is 0.0302 e. The fourth-order valence-corrected chi connectivity index (χ4v) is 3.67. The zero-order valence-corrected chi connectivity index (χ0v) is 14.2. The van der Waals surface area contributed by atoms with Crippen molar-refractivity contribution in [2.75, 3.05) is 12.3 Å². The minimum Gasteiger partial charge on any atom is -0.310 e. The lowest BCUT2D eigenvalue weighted by Gasteiger charge is -2.16. The highest BCUT2D eigenvalue weighted by Gasteiger charge is 2.09. The van der Waals surface area contributed by atoms with Gasteiger partial charge in [0.1, 0.15) is 0 Å². The average Bonchev–Trinajstić information content (AvgIpc) is 2.36. The lowest BCUT2D eigenvalue weighted by Crippen LogP contribution is -2.18. The summed E-state index contributed by atoms with van der Waals surface area (Å²) in [5.74, 6) is 1.99. The van der Waals surface area contributed by atoms with Gasteiger partial charge in [0.25, 0.3) is 0 Å². The molecule has 0 aliphatic rings. The Balaban J connectivity index is 2.67. The van der Waals surface area contributed by atoms with Crippen molar-refractivity contribution in [3.05, 3.63) is 28.2 Å². The zero-order chi connectivity index (χ0) is 13.5. The first kappa shape index (κ1) is 16.1. The second-order valence-corrected chi connectivity index (χ2v) is 6.73. The van der Waals surface area contributed by atoms with Gasteiger partial charge in [-0.2, -0.15) is 0 Å². The highest BCUT2D eigenvalue weighted by Crippen LogP contribution is 2.30. The number of halogens is 1. The lowest BCUT2D eigenvalue weighted by atomic mass is 10.1. The van der Waals surface area contributed by atoms with E-state index in [1.54, 1.807) is 0 Å². The van der Waals surface area contributed by atoms with Crippen LogP contribution in [0.25, 0.3) is 0 Å². The van der Waals surface area contributed by atoms with Gasteiger partial charge in [-0.15, -0.1) is 11.8 Å². The van der Waals surface area contributed by atoms with Gasteiger partial charge in [0.2, 0.25) is 0 Å². The van der Waals surface area contributed by atoms with E-state index in [9.17, 15) is 0 Å². The Labute approximate surface area is 124 Å². The Morgan fingerprint density at radius 2 is 2.00 bits per heavy atom. The first-order chi connectivity index (χ1) is 8.58. The average molecular weight is 330 g/mol. The Kier molecular flexibility index (Phi) is 7.35. The van der Waals surface area contributed by atoms with Gasteiger partial charge in [-0.05, 0) is 37.1 Å². The largest absolute Gasteiger partial charge is 0.310 e. The molecule has 1 N–H and O–H groups in total. The van der Waals surface area contributed by atoms with E-state index in [0.29, 0.717) is 6.04 Å². The van der Waals surface area contributed by atoms with Crippen LogP contribution in [0.15, 0.2) is 27.6 Å². The fraction of sp³-hybridized carbons (Fsp3) is 0.600. The summed E-state index contributed by atoms with van der Waals surface area (Å²) in [4.78, 5) is 1.36. The van der Waals surface area contributed by atoms with Gasteiger partial charge in [0.05, 0.1) is 0 Å². The van der Waals surface area contributed by atoms with E-state index in [-0.39, 0.29) is 0 Å². The third-order valence-corrected chi connectivity index (χ3v) is 5.19. The molecule has 0 radical (unpaired) electrons. The van der Waals surface area contributed by atoms with Crippen molar-refractivity contribution in [1.82, 2.24) is 5.32 Å². The predicted octanol–water partition coefficient (Wildman–Crippen LogP) is 5.26. The Morgan fingerprint density at radius 1 is 1.28 bits per heavy atom. The Bertz CT molecular complexity index is 368. The second-order valence-electron chi connectivity index (χ2n) is 4.79. The quantitative estimate of drug-likeness (QED) is 0.685. The summed E-state index contributed by atoms with van der Waals surface area (Å²) in [6.07, 6.45) is 1.25. The predicted molar refractivity (Wildman–Crippen MR) is 86.4 cm³/mol. The molecule has 2 unspecified atom stereocenters. The van der Waals surface area contributed by atoms with Gasteiger partial charge in [-0.3, -0.25) is 0 Å². The van der Waals surface area contributed by atoms with Crippen molar-refractivity contribution in [2.24, 2.45) is 5.92 Å². The van der Waals surface area contributed by atoms with Gasteiger partial charge in [-0.25, -0.2) is 0 Å². The molecule has 1 nitrogen and oxygen atoms in total. The van der Waals surface area contributed by atoms with E-state index in [1.807, 2.05) is 11.8 Å². The first-order valence-corrected chi connectivity index (χ1v) is 8.51. The van der Waals surface area contributed by atoms with Crippen molar-refractivity contribution in [1.29, 1.82) is 0 Å². The fourth-order valence-electron chi connectivity index (χ4n) is 1.72. The molecule has 0 aromatic heterocycles. The van der Waals surface area contributed by atoms with Crippen LogP contribution in [0.5, 0.6) is 0 Å². The summed E-state index contributed by atoms with van der Waals surface area (Å²) in [5.41, 5.74) is 1.34. The molecule has 2 atom stereocenters. The van der Waals surface area contributed by atoms with Gasteiger partial charge in [-0.1, -0.05) is 49.2 Å². The first-order valence-electron chi connectivity index (χ1n) is 6.74. The minimum absolute atomic E-state index is 0.401. The number of hydrogen-bond acceptors (Lipinski definition) is 2. The molecule has 0 aliphatic carbocycles. The minimum atomic E-state index is 0.401. The van der Waals surface area contributed by atoms with E-state index >= 15 is 0 Å². The summed E-state index contributed by atoms with van der Waals surface area (Å²) < 4.78 is 1.21. The molecular formula is C15H24BrNS. The summed E-state index contributed by atoms with van der Waals surface area (Å²) in [6, 6.07) is 7.12. The van der Waals surface area contributed by atoms with Crippen molar-refractivity contribution < 1.29 is 0 Å². The van der Waals surface area contributed by atoms with Crippen LogP contribution in [0.2, 0.25) is 0 Å². The van der Waals surface area contributed by atoms with E-state index in [1.165, 1.54) is 27.1 Å². The molecule has 0 amide bonds. The van der Waals surface area contributed by atoms with Crippen molar-refractivity contribution in [3.63, 3.8) is 0 Å². The second kappa shape index (κ2) is 8.23. The lowest BCUT2D eigenvalue weighted by molar-refractivity contribution is 0.595. The highest BCUT2D eigenvalue weighted by molar-refractivity contribution is 9.10. The molecule has 0 fully saturated rings. The SMILES string of the molecule is CCNC(C)c1ccc(SCC(C)CC)cc1Br. The molecule has 1 aromatic carbocycles. The number of rotatable bonds is 7. The monoisotopic (exact) mass is 329 g/mol. The summed E-state index contributed by atoms with van der Waals surface area (Å²) in [7, 11) is 0.